The van der Waals surface area contributed by atoms with E-state index in [4.69, 9.17) is 12.2 Å². The minimum Gasteiger partial charge on any atom is -0.348 e. The maximum atomic E-state index is 12.8. The first-order chi connectivity index (χ1) is 10.3. The Kier molecular flexibility index (Phi) is 5.32. The molecule has 1 heterocycles. The van der Waals surface area contributed by atoms with Crippen LogP contribution >= 0.6 is 12.2 Å². The van der Waals surface area contributed by atoms with Gasteiger partial charge in [0.05, 0.1) is 5.92 Å². The van der Waals surface area contributed by atoms with Gasteiger partial charge in [-0.15, -0.1) is 0 Å². The number of anilines is 1. The molecule has 2 rings (SSSR count). The summed E-state index contributed by atoms with van der Waals surface area (Å²) in [5.74, 6) is -0.847. The number of rotatable bonds is 2. The Balaban J connectivity index is 1.96. The number of piperidine rings is 1. The molecule has 1 aliphatic rings. The van der Waals surface area contributed by atoms with Crippen LogP contribution in [0.2, 0.25) is 0 Å². The van der Waals surface area contributed by atoms with Crippen molar-refractivity contribution >= 4 is 23.0 Å². The molecule has 0 aliphatic carbocycles. The van der Waals surface area contributed by atoms with E-state index in [1.807, 2.05) is 24.3 Å². The van der Waals surface area contributed by atoms with Crippen molar-refractivity contribution in [2.24, 2.45) is 5.92 Å². The molecule has 1 atom stereocenters. The Morgan fingerprint density at radius 2 is 1.91 bits per heavy atom. The number of hydrogen-bond donors (Lipinski definition) is 1. The van der Waals surface area contributed by atoms with Crippen LogP contribution < -0.4 is 5.32 Å². The Bertz CT molecular complexity index is 511. The molecule has 122 valence electrons. The molecule has 0 saturated carbocycles. The zero-order chi connectivity index (χ0) is 16.3. The van der Waals surface area contributed by atoms with E-state index in [-0.39, 0.29) is 13.0 Å². The van der Waals surface area contributed by atoms with Crippen molar-refractivity contribution in [1.29, 1.82) is 0 Å². The topological polar surface area (TPSA) is 15.3 Å². The van der Waals surface area contributed by atoms with Crippen molar-refractivity contribution in [2.75, 3.05) is 18.4 Å². The molecular weight excluding hydrogens is 309 g/mol. The molecule has 0 radical (unpaired) electrons. The molecule has 1 saturated heterocycles. The first-order valence-corrected chi connectivity index (χ1v) is 7.91. The van der Waals surface area contributed by atoms with Gasteiger partial charge in [-0.2, -0.15) is 13.2 Å². The number of halogens is 3. The highest BCUT2D eigenvalue weighted by Gasteiger charge is 2.42. The Labute approximate surface area is 134 Å². The molecule has 0 aromatic heterocycles. The van der Waals surface area contributed by atoms with Gasteiger partial charge in [-0.05, 0) is 48.7 Å². The third kappa shape index (κ3) is 4.35. The number of hydrogen-bond acceptors (Lipinski definition) is 1. The maximum Gasteiger partial charge on any atom is 0.393 e. The summed E-state index contributed by atoms with van der Waals surface area (Å²) in [5.41, 5.74) is 2.02. The molecular formula is C16H21F3N2S. The van der Waals surface area contributed by atoms with Gasteiger partial charge < -0.3 is 10.2 Å². The Hall–Kier alpha value is -1.30. The van der Waals surface area contributed by atoms with Gasteiger partial charge in [-0.3, -0.25) is 0 Å². The second-order valence-electron chi connectivity index (χ2n) is 6.03. The number of likely N-dealkylation sites (tertiary alicyclic amines) is 1. The van der Waals surface area contributed by atoms with Crippen LogP contribution in [-0.4, -0.2) is 29.3 Å². The molecule has 0 amide bonds. The van der Waals surface area contributed by atoms with Crippen LogP contribution in [0.1, 0.15) is 38.2 Å². The summed E-state index contributed by atoms with van der Waals surface area (Å²) in [6.45, 7) is 4.73. The van der Waals surface area contributed by atoms with E-state index in [2.05, 4.69) is 19.2 Å². The minimum atomic E-state index is -4.15. The monoisotopic (exact) mass is 330 g/mol. The lowest BCUT2D eigenvalue weighted by Gasteiger charge is -2.35. The molecule has 0 bridgehead atoms. The van der Waals surface area contributed by atoms with E-state index < -0.39 is 12.1 Å². The largest absolute Gasteiger partial charge is 0.393 e. The first-order valence-electron chi connectivity index (χ1n) is 7.50. The second kappa shape index (κ2) is 6.86. The fraction of sp³-hybridized carbons (Fsp3) is 0.562. The summed E-state index contributed by atoms with van der Waals surface area (Å²) in [4.78, 5) is 1.62. The van der Waals surface area contributed by atoms with E-state index in [0.29, 0.717) is 24.0 Å². The normalized spacial score (nSPS) is 19.4. The fourth-order valence-corrected chi connectivity index (χ4v) is 2.87. The molecule has 22 heavy (non-hydrogen) atoms. The maximum absolute atomic E-state index is 12.8. The molecule has 1 N–H and O–H groups in total. The lowest BCUT2D eigenvalue weighted by atomic mass is 9.98. The van der Waals surface area contributed by atoms with E-state index in [0.717, 1.165) is 5.69 Å². The smallest absolute Gasteiger partial charge is 0.348 e. The molecule has 1 fully saturated rings. The van der Waals surface area contributed by atoms with Crippen LogP contribution in [0, 0.1) is 5.92 Å². The minimum absolute atomic E-state index is 0.0561. The molecule has 1 aromatic carbocycles. The van der Waals surface area contributed by atoms with Crippen LogP contribution in [-0.2, 0) is 0 Å². The predicted molar refractivity (Wildman–Crippen MR) is 87.1 cm³/mol. The summed E-state index contributed by atoms with van der Waals surface area (Å²) in [6.07, 6.45) is -3.45. The van der Waals surface area contributed by atoms with Gasteiger partial charge in [-0.25, -0.2) is 0 Å². The number of nitrogens with zero attached hydrogens (tertiary/aromatic N) is 1. The quantitative estimate of drug-likeness (QED) is 0.786. The van der Waals surface area contributed by atoms with Gasteiger partial charge in [0.1, 0.15) is 0 Å². The highest BCUT2D eigenvalue weighted by atomic mass is 32.1. The van der Waals surface area contributed by atoms with E-state index in [1.54, 1.807) is 4.90 Å². The van der Waals surface area contributed by atoms with Crippen molar-refractivity contribution < 1.29 is 13.2 Å². The zero-order valence-electron chi connectivity index (χ0n) is 12.8. The van der Waals surface area contributed by atoms with Crippen LogP contribution in [0.15, 0.2) is 24.3 Å². The summed E-state index contributed by atoms with van der Waals surface area (Å²) < 4.78 is 38.5. The van der Waals surface area contributed by atoms with Crippen LogP contribution in [0.3, 0.4) is 0 Å². The van der Waals surface area contributed by atoms with Crippen molar-refractivity contribution in [3.63, 3.8) is 0 Å². The van der Waals surface area contributed by atoms with Crippen molar-refractivity contribution in [3.8, 4) is 0 Å². The van der Waals surface area contributed by atoms with Gasteiger partial charge in [0, 0.05) is 18.8 Å². The van der Waals surface area contributed by atoms with Crippen LogP contribution in [0.4, 0.5) is 18.9 Å². The number of thiocarbonyl (C=S) groups is 1. The summed E-state index contributed by atoms with van der Waals surface area (Å²) in [6, 6.07) is 7.83. The average molecular weight is 330 g/mol. The van der Waals surface area contributed by atoms with Gasteiger partial charge in [0.15, 0.2) is 5.11 Å². The van der Waals surface area contributed by atoms with Gasteiger partial charge in [-0.1, -0.05) is 26.0 Å². The second-order valence-corrected chi connectivity index (χ2v) is 6.42. The lowest BCUT2D eigenvalue weighted by molar-refractivity contribution is -0.183. The molecule has 1 aromatic rings. The van der Waals surface area contributed by atoms with Crippen LogP contribution in [0.5, 0.6) is 0 Å². The van der Waals surface area contributed by atoms with Crippen molar-refractivity contribution in [3.05, 3.63) is 29.8 Å². The zero-order valence-corrected chi connectivity index (χ0v) is 13.6. The first kappa shape index (κ1) is 17.1. The molecule has 1 unspecified atom stereocenters. The van der Waals surface area contributed by atoms with Crippen molar-refractivity contribution in [1.82, 2.24) is 4.90 Å². The van der Waals surface area contributed by atoms with Gasteiger partial charge >= 0.3 is 6.18 Å². The molecule has 6 heteroatoms. The van der Waals surface area contributed by atoms with Crippen molar-refractivity contribution in [2.45, 2.75) is 38.8 Å². The predicted octanol–water partition coefficient (Wildman–Crippen LogP) is 4.78. The van der Waals surface area contributed by atoms with E-state index >= 15 is 0 Å². The Morgan fingerprint density at radius 3 is 2.45 bits per heavy atom. The standard InChI is InChI=1S/C16H21F3N2S/c1-11(2)12-5-7-14(8-6-12)20-15(22)21-9-3-4-13(10-21)16(17,18)19/h5-8,11,13H,3-4,9-10H2,1-2H3,(H,20,22). The summed E-state index contributed by atoms with van der Waals surface area (Å²) in [7, 11) is 0. The van der Waals surface area contributed by atoms with E-state index in [1.165, 1.54) is 5.56 Å². The number of benzene rings is 1. The summed E-state index contributed by atoms with van der Waals surface area (Å²) >= 11 is 5.26. The highest BCUT2D eigenvalue weighted by molar-refractivity contribution is 7.80. The van der Waals surface area contributed by atoms with Gasteiger partial charge in [0.25, 0.3) is 0 Å². The van der Waals surface area contributed by atoms with Crippen LogP contribution in [0.25, 0.3) is 0 Å². The molecule has 1 aliphatic heterocycles. The number of nitrogens with one attached hydrogen (secondary N) is 1. The third-order valence-electron chi connectivity index (χ3n) is 4.00. The SMILES string of the molecule is CC(C)c1ccc(NC(=S)N2CCCC(C(F)(F)F)C2)cc1. The van der Waals surface area contributed by atoms with Gasteiger partial charge in [0.2, 0.25) is 0 Å². The highest BCUT2D eigenvalue weighted by Crippen LogP contribution is 2.33. The fourth-order valence-electron chi connectivity index (χ4n) is 2.58. The molecule has 0 spiro atoms. The number of alkyl halides is 3. The van der Waals surface area contributed by atoms with E-state index in [9.17, 15) is 13.2 Å². The average Bonchev–Trinajstić information content (AvgIpc) is 2.47. The summed E-state index contributed by atoms with van der Waals surface area (Å²) in [5, 5.41) is 3.41. The third-order valence-corrected chi connectivity index (χ3v) is 4.36. The lowest BCUT2D eigenvalue weighted by Crippen LogP contribution is -2.46. The molecule has 2 nitrogen and oxygen atoms in total. The Morgan fingerprint density at radius 1 is 1.27 bits per heavy atom.